The van der Waals surface area contributed by atoms with Crippen LogP contribution < -0.4 is 15.5 Å². The van der Waals surface area contributed by atoms with E-state index in [1.54, 1.807) is 4.90 Å². The van der Waals surface area contributed by atoms with Crippen molar-refractivity contribution in [3.8, 4) is 0 Å². The number of pyridine rings is 1. The molecule has 1 aromatic carbocycles. The van der Waals surface area contributed by atoms with Crippen LogP contribution in [0.1, 0.15) is 24.1 Å². The number of piperidine rings is 1. The molecule has 11 heteroatoms. The summed E-state index contributed by atoms with van der Waals surface area (Å²) in [6.45, 7) is 5.30. The predicted molar refractivity (Wildman–Crippen MR) is 133 cm³/mol. The minimum Gasteiger partial charge on any atom is -0.445 e. The molecule has 3 fully saturated rings. The molecule has 2 aromatic rings. The first kappa shape index (κ1) is 24.1. The van der Waals surface area contributed by atoms with Gasteiger partial charge >= 0.3 is 6.09 Å². The van der Waals surface area contributed by atoms with Gasteiger partial charge in [0, 0.05) is 63.9 Å². The molecule has 11 nitrogen and oxygen atoms in total. The van der Waals surface area contributed by atoms with Gasteiger partial charge in [0.25, 0.3) is 0 Å². The second-order valence-electron chi connectivity index (χ2n) is 9.16. The molecule has 3 aliphatic heterocycles. The summed E-state index contributed by atoms with van der Waals surface area (Å²) in [5.74, 6) is 0.234. The molecule has 1 amide bonds. The topological polar surface area (TPSA) is 126 Å². The third kappa shape index (κ3) is 5.31. The Morgan fingerprint density at radius 2 is 1.72 bits per heavy atom. The number of aromatic nitrogens is 1. The smallest absolute Gasteiger partial charge is 0.410 e. The van der Waals surface area contributed by atoms with E-state index in [-0.39, 0.29) is 18.5 Å². The number of carbonyl (C=O) groups excluding carboxylic acids is 1. The molecule has 3 saturated heterocycles. The highest BCUT2D eigenvalue weighted by atomic mass is 16.7. The molecule has 0 bridgehead atoms. The van der Waals surface area contributed by atoms with Crippen molar-refractivity contribution in [2.45, 2.75) is 25.2 Å². The van der Waals surface area contributed by atoms with E-state index in [1.807, 2.05) is 42.5 Å². The molecular formula is C25H32N6O5. The first-order valence-electron chi connectivity index (χ1n) is 12.3. The number of amides is 1. The summed E-state index contributed by atoms with van der Waals surface area (Å²) >= 11 is 0. The lowest BCUT2D eigenvalue weighted by Gasteiger charge is -2.39. The summed E-state index contributed by atoms with van der Waals surface area (Å²) in [4.78, 5) is 23.3. The highest BCUT2D eigenvalue weighted by Gasteiger charge is 2.40. The van der Waals surface area contributed by atoms with Gasteiger partial charge in [0.05, 0.1) is 13.2 Å². The van der Waals surface area contributed by atoms with E-state index in [2.05, 4.69) is 19.9 Å². The predicted octanol–water partition coefficient (Wildman–Crippen LogP) is 1.98. The summed E-state index contributed by atoms with van der Waals surface area (Å²) in [7, 11) is 0. The zero-order valence-corrected chi connectivity index (χ0v) is 20.2. The van der Waals surface area contributed by atoms with Gasteiger partial charge in [-0.1, -0.05) is 35.5 Å². The number of nitrogens with two attached hydrogens (primary N) is 1. The highest BCUT2D eigenvalue weighted by molar-refractivity contribution is 5.96. The second-order valence-corrected chi connectivity index (χ2v) is 9.16. The summed E-state index contributed by atoms with van der Waals surface area (Å²) in [5.41, 5.74) is 8.19. The van der Waals surface area contributed by atoms with Gasteiger partial charge in [-0.3, -0.25) is 0 Å². The molecule has 0 saturated carbocycles. The minimum atomic E-state index is -0.478. The number of benzene rings is 1. The van der Waals surface area contributed by atoms with E-state index in [4.69, 9.17) is 19.9 Å². The van der Waals surface area contributed by atoms with Crippen molar-refractivity contribution < 1.29 is 24.2 Å². The van der Waals surface area contributed by atoms with Crippen LogP contribution in [-0.2, 0) is 20.8 Å². The van der Waals surface area contributed by atoms with Crippen molar-refractivity contribution in [1.82, 2.24) is 9.88 Å². The molecule has 3 N–H and O–H groups in total. The number of nitrogens with zero attached hydrogens (tertiary/aromatic N) is 5. The zero-order chi connectivity index (χ0) is 25.0. The van der Waals surface area contributed by atoms with E-state index in [0.717, 1.165) is 43.0 Å². The Morgan fingerprint density at radius 1 is 1.03 bits per heavy atom. The van der Waals surface area contributed by atoms with Crippen LogP contribution in [0.25, 0.3) is 0 Å². The SMILES string of the molecule is N/C(=N\O)c1cc(N2CCN(C(=O)OCc3ccccc3)CC2)cc(N2CCC3(CC2)OCCO3)n1. The van der Waals surface area contributed by atoms with Crippen LogP contribution in [0, 0.1) is 0 Å². The Balaban J connectivity index is 1.24. The summed E-state index contributed by atoms with van der Waals surface area (Å²) in [6.07, 6.45) is 1.19. The number of carbonyl (C=O) groups is 1. The number of ether oxygens (including phenoxy) is 3. The third-order valence-electron chi connectivity index (χ3n) is 6.94. The van der Waals surface area contributed by atoms with Gasteiger partial charge in [-0.25, -0.2) is 9.78 Å². The molecule has 192 valence electrons. The number of anilines is 2. The van der Waals surface area contributed by atoms with Gasteiger partial charge in [0.2, 0.25) is 0 Å². The standard InChI is InChI=1S/C25H32N6O5/c26-23(28-33)21-16-20(17-22(27-21)30-8-6-25(7-9-30)35-14-15-36-25)29-10-12-31(13-11-29)24(32)34-18-19-4-2-1-3-5-19/h1-5,16-17,33H,6-15,18H2,(H2,26,28). The van der Waals surface area contributed by atoms with Crippen molar-refractivity contribution in [2.24, 2.45) is 10.9 Å². The maximum absolute atomic E-state index is 12.6. The lowest BCUT2D eigenvalue weighted by Crippen LogP contribution is -2.49. The van der Waals surface area contributed by atoms with Crippen LogP contribution in [0.3, 0.4) is 0 Å². The number of oxime groups is 1. The average molecular weight is 497 g/mol. The van der Waals surface area contributed by atoms with E-state index in [9.17, 15) is 10.0 Å². The normalized spacial score (nSPS) is 20.1. The van der Waals surface area contributed by atoms with E-state index < -0.39 is 5.79 Å². The van der Waals surface area contributed by atoms with E-state index >= 15 is 0 Å². The maximum atomic E-state index is 12.6. The minimum absolute atomic E-state index is 0.0443. The average Bonchev–Trinajstić information content (AvgIpc) is 3.39. The molecule has 3 aliphatic rings. The molecule has 4 heterocycles. The Labute approximate surface area is 210 Å². The summed E-state index contributed by atoms with van der Waals surface area (Å²) in [6, 6.07) is 13.5. The van der Waals surface area contributed by atoms with Crippen molar-refractivity contribution in [3.05, 3.63) is 53.7 Å². The highest BCUT2D eigenvalue weighted by Crippen LogP contribution is 2.34. The molecule has 5 rings (SSSR count). The largest absolute Gasteiger partial charge is 0.445 e. The fourth-order valence-corrected chi connectivity index (χ4v) is 4.85. The monoisotopic (exact) mass is 496 g/mol. The first-order chi connectivity index (χ1) is 17.5. The molecule has 1 aromatic heterocycles. The fraction of sp³-hybridized carbons (Fsp3) is 0.480. The maximum Gasteiger partial charge on any atom is 0.410 e. The third-order valence-corrected chi connectivity index (χ3v) is 6.94. The Kier molecular flexibility index (Phi) is 7.10. The van der Waals surface area contributed by atoms with Crippen molar-refractivity contribution >= 4 is 23.4 Å². The molecule has 1 spiro atoms. The zero-order valence-electron chi connectivity index (χ0n) is 20.2. The molecule has 36 heavy (non-hydrogen) atoms. The van der Waals surface area contributed by atoms with Crippen LogP contribution in [0.2, 0.25) is 0 Å². The number of hydrogen-bond donors (Lipinski definition) is 2. The first-order valence-corrected chi connectivity index (χ1v) is 12.3. The Bertz CT molecular complexity index is 1070. The quantitative estimate of drug-likeness (QED) is 0.277. The van der Waals surface area contributed by atoms with Gasteiger partial charge in [-0.15, -0.1) is 0 Å². The molecule has 0 atom stereocenters. The molecular weight excluding hydrogens is 464 g/mol. The van der Waals surface area contributed by atoms with Crippen molar-refractivity contribution in [2.75, 3.05) is 62.3 Å². The lowest BCUT2D eigenvalue weighted by molar-refractivity contribution is -0.169. The molecule has 0 unspecified atom stereocenters. The van der Waals surface area contributed by atoms with Crippen LogP contribution in [0.5, 0.6) is 0 Å². The Morgan fingerprint density at radius 3 is 2.39 bits per heavy atom. The second kappa shape index (κ2) is 10.6. The lowest BCUT2D eigenvalue weighted by atomic mass is 10.0. The Hall–Kier alpha value is -3.57. The fourth-order valence-electron chi connectivity index (χ4n) is 4.85. The van der Waals surface area contributed by atoms with Gasteiger partial charge < -0.3 is 39.9 Å². The van der Waals surface area contributed by atoms with Gasteiger partial charge in [0.1, 0.15) is 18.1 Å². The summed E-state index contributed by atoms with van der Waals surface area (Å²) in [5, 5.41) is 12.4. The van der Waals surface area contributed by atoms with Crippen LogP contribution in [-0.4, -0.2) is 85.3 Å². The molecule has 0 radical (unpaired) electrons. The van der Waals surface area contributed by atoms with E-state index in [1.165, 1.54) is 0 Å². The van der Waals surface area contributed by atoms with Crippen molar-refractivity contribution in [1.29, 1.82) is 0 Å². The molecule has 0 aliphatic carbocycles. The van der Waals surface area contributed by atoms with Crippen LogP contribution >= 0.6 is 0 Å². The number of amidine groups is 1. The number of hydrogen-bond acceptors (Lipinski definition) is 9. The number of rotatable bonds is 5. The summed E-state index contributed by atoms with van der Waals surface area (Å²) < 4.78 is 17.2. The van der Waals surface area contributed by atoms with Crippen LogP contribution in [0.15, 0.2) is 47.6 Å². The van der Waals surface area contributed by atoms with Gasteiger partial charge in [-0.05, 0) is 11.6 Å². The van der Waals surface area contributed by atoms with E-state index in [0.29, 0.717) is 45.1 Å². The van der Waals surface area contributed by atoms with Crippen LogP contribution in [0.4, 0.5) is 16.3 Å². The van der Waals surface area contributed by atoms with Gasteiger partial charge in [0.15, 0.2) is 11.6 Å². The van der Waals surface area contributed by atoms with Crippen molar-refractivity contribution in [3.63, 3.8) is 0 Å². The number of piperazine rings is 1. The van der Waals surface area contributed by atoms with Gasteiger partial charge in [-0.2, -0.15) is 0 Å².